The van der Waals surface area contributed by atoms with Crippen LogP contribution in [-0.4, -0.2) is 50.6 Å². The Labute approximate surface area is 238 Å². The van der Waals surface area contributed by atoms with Gasteiger partial charge in [-0.1, -0.05) is 0 Å². The first-order valence-corrected chi connectivity index (χ1v) is 13.8. The zero-order chi connectivity index (χ0) is 30.1. The van der Waals surface area contributed by atoms with Gasteiger partial charge < -0.3 is 15.4 Å². The Bertz CT molecular complexity index is 1430. The van der Waals surface area contributed by atoms with Crippen molar-refractivity contribution in [3.8, 4) is 5.75 Å². The third-order valence-electron chi connectivity index (χ3n) is 7.81. The van der Waals surface area contributed by atoms with Gasteiger partial charge in [-0.2, -0.15) is 18.3 Å². The van der Waals surface area contributed by atoms with Crippen molar-refractivity contribution in [3.05, 3.63) is 53.7 Å². The lowest BCUT2D eigenvalue weighted by atomic mass is 9.81. The molecule has 2 N–H and O–H groups in total. The number of nitrogens with one attached hydrogen (secondary N) is 2. The van der Waals surface area contributed by atoms with Crippen molar-refractivity contribution >= 4 is 17.5 Å². The summed E-state index contributed by atoms with van der Waals surface area (Å²) in [5.74, 6) is -3.78. The maximum Gasteiger partial charge on any atom is 0.389 e. The van der Waals surface area contributed by atoms with Crippen molar-refractivity contribution in [2.24, 2.45) is 11.8 Å². The number of aromatic nitrogens is 4. The average molecular weight is 595 g/mol. The topological polar surface area (TPSA) is 111 Å². The molecule has 5 rings (SSSR count). The molecule has 0 radical (unpaired) electrons. The molecule has 2 fully saturated rings. The lowest BCUT2D eigenvalue weighted by Gasteiger charge is -2.33. The van der Waals surface area contributed by atoms with E-state index >= 15 is 0 Å². The Kier molecular flexibility index (Phi) is 8.33. The van der Waals surface area contributed by atoms with Gasteiger partial charge >= 0.3 is 6.18 Å². The van der Waals surface area contributed by atoms with Gasteiger partial charge in [0, 0.05) is 25.5 Å². The van der Waals surface area contributed by atoms with E-state index in [2.05, 4.69) is 25.7 Å². The first-order valence-electron chi connectivity index (χ1n) is 13.8. The highest BCUT2D eigenvalue weighted by Crippen LogP contribution is 2.43. The summed E-state index contributed by atoms with van der Waals surface area (Å²) in [6.45, 7) is 0. The molecule has 2 saturated carbocycles. The molecule has 2 atom stereocenters. The molecule has 3 aromatic heterocycles. The molecule has 42 heavy (non-hydrogen) atoms. The number of halogens is 5. The van der Waals surface area contributed by atoms with E-state index in [4.69, 9.17) is 4.74 Å². The number of hydrogen-bond donors (Lipinski definition) is 2. The Balaban J connectivity index is 1.40. The largest absolute Gasteiger partial charge is 0.495 e. The normalized spacial score (nSPS) is 18.8. The number of nitrogens with zero attached hydrogens (tertiary/aromatic N) is 4. The number of fused-ring (bicyclic) bond motifs is 1. The number of carbonyl (C=O) groups excluding carboxylic acids is 2. The van der Waals surface area contributed by atoms with Crippen LogP contribution in [0.15, 0.2) is 36.9 Å². The zero-order valence-electron chi connectivity index (χ0n) is 22.8. The third-order valence-corrected chi connectivity index (χ3v) is 7.81. The second-order valence-corrected chi connectivity index (χ2v) is 11.0. The van der Waals surface area contributed by atoms with E-state index in [0.717, 1.165) is 12.8 Å². The summed E-state index contributed by atoms with van der Waals surface area (Å²) in [4.78, 5) is 34.2. The molecule has 2 aliphatic carbocycles. The number of rotatable bonds is 10. The molecule has 0 aromatic carbocycles. The van der Waals surface area contributed by atoms with E-state index in [9.17, 15) is 31.5 Å². The highest BCUT2D eigenvalue weighted by Gasteiger charge is 2.40. The van der Waals surface area contributed by atoms with E-state index < -0.39 is 48.8 Å². The van der Waals surface area contributed by atoms with Crippen LogP contribution in [0.2, 0.25) is 0 Å². The van der Waals surface area contributed by atoms with Crippen molar-refractivity contribution in [1.82, 2.24) is 30.2 Å². The van der Waals surface area contributed by atoms with Gasteiger partial charge in [-0.25, -0.2) is 18.3 Å². The lowest BCUT2D eigenvalue weighted by Crippen LogP contribution is -2.37. The van der Waals surface area contributed by atoms with Crippen LogP contribution >= 0.6 is 0 Å². The number of amides is 2. The molecule has 9 nitrogen and oxygen atoms in total. The molecule has 0 spiro atoms. The van der Waals surface area contributed by atoms with Gasteiger partial charge in [-0.15, -0.1) is 0 Å². The second kappa shape index (κ2) is 11.8. The number of alkyl halides is 5. The van der Waals surface area contributed by atoms with Gasteiger partial charge in [0.1, 0.15) is 5.75 Å². The van der Waals surface area contributed by atoms with E-state index in [1.165, 1.54) is 36.3 Å². The van der Waals surface area contributed by atoms with Crippen LogP contribution in [-0.2, 0) is 4.79 Å². The number of ether oxygens (including phenoxy) is 1. The predicted molar refractivity (Wildman–Crippen MR) is 140 cm³/mol. The highest BCUT2D eigenvalue weighted by molar-refractivity contribution is 5.94. The van der Waals surface area contributed by atoms with Gasteiger partial charge in [-0.3, -0.25) is 14.6 Å². The molecule has 14 heteroatoms. The quantitative estimate of drug-likeness (QED) is 0.307. The highest BCUT2D eigenvalue weighted by atomic mass is 19.4. The van der Waals surface area contributed by atoms with Gasteiger partial charge in [0.05, 0.1) is 55.5 Å². The van der Waals surface area contributed by atoms with E-state index in [1.54, 1.807) is 12.3 Å². The van der Waals surface area contributed by atoms with Crippen molar-refractivity contribution in [1.29, 1.82) is 0 Å². The van der Waals surface area contributed by atoms with E-state index in [0.29, 0.717) is 22.7 Å². The molecule has 226 valence electrons. The molecule has 2 amide bonds. The van der Waals surface area contributed by atoms with Crippen molar-refractivity contribution in [2.75, 3.05) is 7.11 Å². The minimum Gasteiger partial charge on any atom is -0.495 e. The number of hydrogen-bond acceptors (Lipinski definition) is 6. The Morgan fingerprint density at radius 3 is 2.43 bits per heavy atom. The Morgan fingerprint density at radius 2 is 1.76 bits per heavy atom. The summed E-state index contributed by atoms with van der Waals surface area (Å²) in [6.07, 6.45) is 1.05. The Hall–Kier alpha value is -3.84. The fraction of sp³-hybridized carbons (Fsp3) is 0.536. The van der Waals surface area contributed by atoms with Crippen LogP contribution in [0.25, 0.3) is 5.65 Å². The molecule has 1 unspecified atom stereocenters. The maximum absolute atomic E-state index is 14.0. The van der Waals surface area contributed by atoms with E-state index in [-0.39, 0.29) is 43.1 Å². The standard InChI is InChI=1S/C28H31F5N6O3/c1-42-20-10-19(12-34-14-20)26(41)38-25(17-4-7-27(29,30)8-5-17)21-15-39-22(36-21)11-18(13-35-39)24(16-2-3-16)37-23(40)6-9-28(31,32)33/h10-17,24-25H,2-9H2,1H3,(H,37,40)(H,38,41)/t24?,25-/m0/s1. The molecule has 2 aliphatic rings. The summed E-state index contributed by atoms with van der Waals surface area (Å²) in [6, 6.07) is 2.00. The molecule has 3 aromatic rings. The van der Waals surface area contributed by atoms with Crippen LogP contribution < -0.4 is 15.4 Å². The summed E-state index contributed by atoms with van der Waals surface area (Å²) in [7, 11) is 1.45. The maximum atomic E-state index is 14.0. The van der Waals surface area contributed by atoms with E-state index in [1.807, 2.05) is 0 Å². The predicted octanol–water partition coefficient (Wildman–Crippen LogP) is 5.34. The molecule has 0 saturated heterocycles. The van der Waals surface area contributed by atoms with Gasteiger partial charge in [0.2, 0.25) is 11.8 Å². The van der Waals surface area contributed by atoms with Crippen molar-refractivity contribution in [2.45, 2.75) is 75.5 Å². The van der Waals surface area contributed by atoms with Crippen LogP contribution in [0.1, 0.15) is 85.1 Å². The Morgan fingerprint density at radius 1 is 1.05 bits per heavy atom. The van der Waals surface area contributed by atoms with Gasteiger partial charge in [-0.05, 0) is 55.2 Å². The summed E-state index contributed by atoms with van der Waals surface area (Å²) < 4.78 is 72.4. The third kappa shape index (κ3) is 7.32. The minimum atomic E-state index is -4.43. The first-order chi connectivity index (χ1) is 19.9. The molecular formula is C28H31F5N6O3. The first kappa shape index (κ1) is 29.6. The van der Waals surface area contributed by atoms with Crippen LogP contribution in [0.5, 0.6) is 5.75 Å². The van der Waals surface area contributed by atoms with Crippen molar-refractivity contribution in [3.63, 3.8) is 0 Å². The smallest absolute Gasteiger partial charge is 0.389 e. The van der Waals surface area contributed by atoms with Crippen LogP contribution in [0.3, 0.4) is 0 Å². The average Bonchev–Trinajstić information content (AvgIpc) is 3.71. The molecule has 0 aliphatic heterocycles. The SMILES string of the molecule is COc1cncc(C(=O)N[C@H](c2cn3ncc(C(NC(=O)CCC(F)(F)F)C4CC4)cc3n2)C2CCC(F)(F)CC2)c1. The van der Waals surface area contributed by atoms with Gasteiger partial charge in [0.15, 0.2) is 5.65 Å². The van der Waals surface area contributed by atoms with Crippen LogP contribution in [0.4, 0.5) is 22.0 Å². The number of methoxy groups -OCH3 is 1. The minimum absolute atomic E-state index is 0.0749. The fourth-order valence-corrected chi connectivity index (χ4v) is 5.34. The fourth-order valence-electron chi connectivity index (χ4n) is 5.34. The van der Waals surface area contributed by atoms with Gasteiger partial charge in [0.25, 0.3) is 5.91 Å². The second-order valence-electron chi connectivity index (χ2n) is 11.0. The number of carbonyl (C=O) groups is 2. The molecule has 0 bridgehead atoms. The summed E-state index contributed by atoms with van der Waals surface area (Å²) >= 11 is 0. The van der Waals surface area contributed by atoms with Crippen LogP contribution in [0, 0.1) is 11.8 Å². The zero-order valence-corrected chi connectivity index (χ0v) is 22.8. The monoisotopic (exact) mass is 594 g/mol. The van der Waals surface area contributed by atoms with Crippen molar-refractivity contribution < 1.29 is 36.3 Å². The molecular weight excluding hydrogens is 563 g/mol. The number of imidazole rings is 1. The summed E-state index contributed by atoms with van der Waals surface area (Å²) in [5.41, 5.74) is 1.65. The lowest BCUT2D eigenvalue weighted by molar-refractivity contribution is -0.144. The number of pyridine rings is 1. The summed E-state index contributed by atoms with van der Waals surface area (Å²) in [5, 5.41) is 10.1. The molecule has 3 heterocycles.